The highest BCUT2D eigenvalue weighted by molar-refractivity contribution is 6.33. The van der Waals surface area contributed by atoms with Crippen LogP contribution in [0.3, 0.4) is 0 Å². The second-order valence-electron chi connectivity index (χ2n) is 2.53. The summed E-state index contributed by atoms with van der Waals surface area (Å²) in [6.07, 6.45) is 0. The SMILES string of the molecule is COc1cc(C(=O)CCl)cc(Cl)c1F. The Balaban J connectivity index is 3.22. The van der Waals surface area contributed by atoms with Crippen molar-refractivity contribution in [2.75, 3.05) is 13.0 Å². The Morgan fingerprint density at radius 1 is 1.57 bits per heavy atom. The van der Waals surface area contributed by atoms with Crippen molar-refractivity contribution in [3.05, 3.63) is 28.5 Å². The van der Waals surface area contributed by atoms with Crippen molar-refractivity contribution < 1.29 is 13.9 Å². The van der Waals surface area contributed by atoms with Gasteiger partial charge in [-0.1, -0.05) is 11.6 Å². The van der Waals surface area contributed by atoms with Crippen LogP contribution in [0.2, 0.25) is 5.02 Å². The summed E-state index contributed by atoms with van der Waals surface area (Å²) in [6.45, 7) is 0. The Bertz CT molecular complexity index is 366. The van der Waals surface area contributed by atoms with Crippen LogP contribution in [-0.2, 0) is 0 Å². The number of rotatable bonds is 3. The van der Waals surface area contributed by atoms with Crippen molar-refractivity contribution in [2.24, 2.45) is 0 Å². The smallest absolute Gasteiger partial charge is 0.183 e. The van der Waals surface area contributed by atoms with Crippen LogP contribution in [0, 0.1) is 5.82 Å². The lowest BCUT2D eigenvalue weighted by molar-refractivity contribution is 0.102. The fourth-order valence-electron chi connectivity index (χ4n) is 0.951. The molecule has 0 bridgehead atoms. The maximum Gasteiger partial charge on any atom is 0.183 e. The Morgan fingerprint density at radius 3 is 2.71 bits per heavy atom. The van der Waals surface area contributed by atoms with Crippen LogP contribution in [0.1, 0.15) is 10.4 Å². The van der Waals surface area contributed by atoms with E-state index in [0.717, 1.165) is 0 Å². The molecule has 1 rings (SSSR count). The predicted octanol–water partition coefficient (Wildman–Crippen LogP) is 2.91. The first-order valence-electron chi connectivity index (χ1n) is 3.72. The Morgan fingerprint density at radius 2 is 2.21 bits per heavy atom. The van der Waals surface area contributed by atoms with Crippen molar-refractivity contribution in [1.82, 2.24) is 0 Å². The molecule has 76 valence electrons. The average molecular weight is 237 g/mol. The van der Waals surface area contributed by atoms with Crippen LogP contribution in [0.4, 0.5) is 4.39 Å². The summed E-state index contributed by atoms with van der Waals surface area (Å²) < 4.78 is 17.9. The molecule has 14 heavy (non-hydrogen) atoms. The van der Waals surface area contributed by atoms with Crippen LogP contribution >= 0.6 is 23.2 Å². The Labute approximate surface area is 90.6 Å². The van der Waals surface area contributed by atoms with Crippen molar-refractivity contribution in [2.45, 2.75) is 0 Å². The van der Waals surface area contributed by atoms with Crippen molar-refractivity contribution in [3.8, 4) is 5.75 Å². The number of alkyl halides is 1. The molecule has 0 spiro atoms. The molecule has 1 aromatic carbocycles. The van der Waals surface area contributed by atoms with Crippen molar-refractivity contribution >= 4 is 29.0 Å². The van der Waals surface area contributed by atoms with Crippen molar-refractivity contribution in [1.29, 1.82) is 0 Å². The third kappa shape index (κ3) is 2.16. The average Bonchev–Trinajstić information content (AvgIpc) is 2.20. The van der Waals surface area contributed by atoms with Crippen LogP contribution < -0.4 is 4.74 Å². The van der Waals surface area contributed by atoms with Gasteiger partial charge in [-0.05, 0) is 12.1 Å². The minimum Gasteiger partial charge on any atom is -0.494 e. The van der Waals surface area contributed by atoms with Gasteiger partial charge in [0, 0.05) is 5.56 Å². The maximum atomic E-state index is 13.1. The molecule has 0 aliphatic rings. The first-order valence-corrected chi connectivity index (χ1v) is 4.63. The molecular formula is C9H7Cl2FO2. The van der Waals surface area contributed by atoms with Crippen LogP contribution in [0.25, 0.3) is 0 Å². The highest BCUT2D eigenvalue weighted by atomic mass is 35.5. The summed E-state index contributed by atoms with van der Waals surface area (Å²) in [5.41, 5.74) is 0.239. The molecule has 0 atom stereocenters. The van der Waals surface area contributed by atoms with E-state index in [1.165, 1.54) is 19.2 Å². The van der Waals surface area contributed by atoms with Gasteiger partial charge in [0.1, 0.15) is 0 Å². The van der Waals surface area contributed by atoms with Gasteiger partial charge in [-0.2, -0.15) is 0 Å². The van der Waals surface area contributed by atoms with Crippen LogP contribution in [-0.4, -0.2) is 18.8 Å². The number of methoxy groups -OCH3 is 1. The zero-order chi connectivity index (χ0) is 10.7. The topological polar surface area (TPSA) is 26.3 Å². The fourth-order valence-corrected chi connectivity index (χ4v) is 1.32. The molecule has 0 unspecified atom stereocenters. The standard InChI is InChI=1S/C9H7Cl2FO2/c1-14-8-3-5(7(13)4-10)2-6(11)9(8)12/h2-3H,4H2,1H3. The molecule has 0 aromatic heterocycles. The van der Waals surface area contributed by atoms with E-state index in [2.05, 4.69) is 0 Å². The number of hydrogen-bond acceptors (Lipinski definition) is 2. The molecular weight excluding hydrogens is 230 g/mol. The molecule has 0 aliphatic heterocycles. The summed E-state index contributed by atoms with van der Waals surface area (Å²) in [7, 11) is 1.30. The van der Waals surface area contributed by atoms with Crippen LogP contribution in [0.15, 0.2) is 12.1 Å². The molecule has 2 nitrogen and oxygen atoms in total. The minimum atomic E-state index is -0.680. The first kappa shape index (κ1) is 11.3. The molecule has 0 N–H and O–H groups in total. The van der Waals surface area contributed by atoms with Gasteiger partial charge in [-0.25, -0.2) is 4.39 Å². The van der Waals surface area contributed by atoms with E-state index < -0.39 is 5.82 Å². The third-order valence-electron chi connectivity index (χ3n) is 1.66. The number of hydrogen-bond donors (Lipinski definition) is 0. The van der Waals surface area contributed by atoms with E-state index in [1.807, 2.05) is 0 Å². The number of benzene rings is 1. The predicted molar refractivity (Wildman–Crippen MR) is 53.0 cm³/mol. The quantitative estimate of drug-likeness (QED) is 0.596. The zero-order valence-electron chi connectivity index (χ0n) is 7.31. The van der Waals surface area contributed by atoms with Gasteiger partial charge >= 0.3 is 0 Å². The zero-order valence-corrected chi connectivity index (χ0v) is 8.82. The minimum absolute atomic E-state index is 0.0639. The van der Waals surface area contributed by atoms with Gasteiger partial charge < -0.3 is 4.74 Å². The van der Waals surface area contributed by atoms with Gasteiger partial charge in [-0.15, -0.1) is 11.6 Å². The molecule has 1 aromatic rings. The van der Waals surface area contributed by atoms with E-state index in [9.17, 15) is 9.18 Å². The van der Waals surface area contributed by atoms with Crippen molar-refractivity contribution in [3.63, 3.8) is 0 Å². The van der Waals surface area contributed by atoms with Gasteiger partial charge in [-0.3, -0.25) is 4.79 Å². The number of ketones is 1. The second kappa shape index (κ2) is 4.62. The molecule has 0 aliphatic carbocycles. The number of Topliss-reactive ketones (excluding diaryl/α,β-unsaturated/α-hetero) is 1. The van der Waals surface area contributed by atoms with E-state index in [4.69, 9.17) is 27.9 Å². The van der Waals surface area contributed by atoms with Crippen LogP contribution in [0.5, 0.6) is 5.75 Å². The number of carbonyl (C=O) groups excluding carboxylic acids is 1. The summed E-state index contributed by atoms with van der Waals surface area (Å²) in [5.74, 6) is -1.25. The summed E-state index contributed by atoms with van der Waals surface area (Å²) in [6, 6.07) is 2.50. The molecule has 0 radical (unpaired) electrons. The van der Waals surface area contributed by atoms with E-state index >= 15 is 0 Å². The van der Waals surface area contributed by atoms with E-state index in [1.54, 1.807) is 0 Å². The molecule has 0 fully saturated rings. The summed E-state index contributed by atoms with van der Waals surface area (Å²) in [5, 5.41) is -0.155. The Hall–Kier alpha value is -0.800. The molecule has 0 heterocycles. The molecule has 5 heteroatoms. The maximum absolute atomic E-state index is 13.1. The number of carbonyl (C=O) groups is 1. The summed E-state index contributed by atoms with van der Waals surface area (Å²) in [4.78, 5) is 11.2. The summed E-state index contributed by atoms with van der Waals surface area (Å²) >= 11 is 10.9. The molecule has 0 amide bonds. The third-order valence-corrected chi connectivity index (χ3v) is 2.18. The fraction of sp³-hybridized carbons (Fsp3) is 0.222. The number of halogens is 3. The monoisotopic (exact) mass is 236 g/mol. The molecule has 0 saturated carbocycles. The number of ether oxygens (including phenoxy) is 1. The van der Waals surface area contributed by atoms with Gasteiger partial charge in [0.25, 0.3) is 0 Å². The highest BCUT2D eigenvalue weighted by Gasteiger charge is 2.13. The largest absolute Gasteiger partial charge is 0.494 e. The highest BCUT2D eigenvalue weighted by Crippen LogP contribution is 2.26. The van der Waals surface area contributed by atoms with Gasteiger partial charge in [0.15, 0.2) is 17.3 Å². The lowest BCUT2D eigenvalue weighted by Gasteiger charge is -2.05. The first-order chi connectivity index (χ1) is 6.60. The Kier molecular flexibility index (Phi) is 3.72. The normalized spacial score (nSPS) is 10.0. The van der Waals surface area contributed by atoms with E-state index in [-0.39, 0.29) is 28.0 Å². The van der Waals surface area contributed by atoms with Gasteiger partial charge in [0.2, 0.25) is 0 Å². The van der Waals surface area contributed by atoms with Gasteiger partial charge in [0.05, 0.1) is 18.0 Å². The lowest BCUT2D eigenvalue weighted by atomic mass is 10.1. The molecule has 0 saturated heterocycles. The second-order valence-corrected chi connectivity index (χ2v) is 3.21. The van der Waals surface area contributed by atoms with E-state index in [0.29, 0.717) is 0 Å². The lowest BCUT2D eigenvalue weighted by Crippen LogP contribution is -2.02.